The van der Waals surface area contributed by atoms with E-state index in [-0.39, 0.29) is 5.78 Å². The summed E-state index contributed by atoms with van der Waals surface area (Å²) in [5, 5.41) is 0. The maximum absolute atomic E-state index is 12.1. The molecular formula is C16H17BrN2O. The molecule has 0 bridgehead atoms. The lowest BCUT2D eigenvalue weighted by atomic mass is 10.1. The van der Waals surface area contributed by atoms with E-state index in [1.807, 2.05) is 54.4 Å². The molecule has 0 N–H and O–H groups in total. The number of carbonyl (C=O) groups is 1. The van der Waals surface area contributed by atoms with Crippen LogP contribution in [0.3, 0.4) is 0 Å². The van der Waals surface area contributed by atoms with Crippen molar-refractivity contribution in [1.29, 1.82) is 0 Å². The second-order valence-corrected chi connectivity index (χ2v) is 5.66. The SMILES string of the molecule is CN(CCc1ccccn1)CC(=O)c1cccc(Br)c1. The number of halogens is 1. The minimum Gasteiger partial charge on any atom is -0.299 e. The molecule has 0 aliphatic heterocycles. The van der Waals surface area contributed by atoms with E-state index in [1.54, 1.807) is 6.20 Å². The molecule has 1 heterocycles. The summed E-state index contributed by atoms with van der Waals surface area (Å²) in [6.07, 6.45) is 2.64. The van der Waals surface area contributed by atoms with Gasteiger partial charge in [0.1, 0.15) is 0 Å². The van der Waals surface area contributed by atoms with Crippen LogP contribution in [0.4, 0.5) is 0 Å². The molecule has 0 unspecified atom stereocenters. The lowest BCUT2D eigenvalue weighted by molar-refractivity contribution is 0.0946. The summed E-state index contributed by atoms with van der Waals surface area (Å²) >= 11 is 3.38. The number of benzene rings is 1. The number of pyridine rings is 1. The zero-order valence-corrected chi connectivity index (χ0v) is 13.0. The molecule has 0 aliphatic carbocycles. The average molecular weight is 333 g/mol. The lowest BCUT2D eigenvalue weighted by Gasteiger charge is -2.15. The van der Waals surface area contributed by atoms with E-state index in [1.165, 1.54) is 0 Å². The molecule has 104 valence electrons. The van der Waals surface area contributed by atoms with Crippen LogP contribution in [0.2, 0.25) is 0 Å². The molecule has 4 heteroatoms. The Bertz CT molecular complexity index is 572. The van der Waals surface area contributed by atoms with Crippen molar-refractivity contribution in [2.45, 2.75) is 6.42 Å². The van der Waals surface area contributed by atoms with Crippen molar-refractivity contribution < 1.29 is 4.79 Å². The summed E-state index contributed by atoms with van der Waals surface area (Å²) in [5.41, 5.74) is 1.79. The number of aromatic nitrogens is 1. The van der Waals surface area contributed by atoms with E-state index in [2.05, 4.69) is 20.9 Å². The van der Waals surface area contributed by atoms with Gasteiger partial charge in [0, 0.05) is 34.9 Å². The van der Waals surface area contributed by atoms with Gasteiger partial charge in [-0.3, -0.25) is 14.7 Å². The van der Waals surface area contributed by atoms with Gasteiger partial charge in [0.2, 0.25) is 0 Å². The molecule has 0 amide bonds. The van der Waals surface area contributed by atoms with Crippen molar-refractivity contribution >= 4 is 21.7 Å². The van der Waals surface area contributed by atoms with E-state index in [0.29, 0.717) is 6.54 Å². The van der Waals surface area contributed by atoms with Crippen molar-refractivity contribution in [2.75, 3.05) is 20.1 Å². The first-order valence-electron chi connectivity index (χ1n) is 6.52. The number of Topliss-reactive ketones (excluding diaryl/α,β-unsaturated/α-hetero) is 1. The smallest absolute Gasteiger partial charge is 0.176 e. The topological polar surface area (TPSA) is 33.2 Å². The second kappa shape index (κ2) is 7.31. The van der Waals surface area contributed by atoms with Crippen LogP contribution in [-0.4, -0.2) is 35.8 Å². The van der Waals surface area contributed by atoms with Gasteiger partial charge in [0.05, 0.1) is 6.54 Å². The highest BCUT2D eigenvalue weighted by Gasteiger charge is 2.09. The zero-order chi connectivity index (χ0) is 14.4. The maximum Gasteiger partial charge on any atom is 0.176 e. The number of hydrogen-bond donors (Lipinski definition) is 0. The number of likely N-dealkylation sites (N-methyl/N-ethyl adjacent to an activating group) is 1. The van der Waals surface area contributed by atoms with Gasteiger partial charge in [-0.15, -0.1) is 0 Å². The van der Waals surface area contributed by atoms with Crippen LogP contribution in [-0.2, 0) is 6.42 Å². The molecule has 0 spiro atoms. The fourth-order valence-corrected chi connectivity index (χ4v) is 2.33. The number of hydrogen-bond acceptors (Lipinski definition) is 3. The fraction of sp³-hybridized carbons (Fsp3) is 0.250. The monoisotopic (exact) mass is 332 g/mol. The first kappa shape index (κ1) is 14.9. The summed E-state index contributed by atoms with van der Waals surface area (Å²) in [5.74, 6) is 0.134. The molecule has 0 fully saturated rings. The third kappa shape index (κ3) is 4.54. The molecule has 1 aromatic carbocycles. The van der Waals surface area contributed by atoms with Crippen LogP contribution >= 0.6 is 15.9 Å². The van der Waals surface area contributed by atoms with Gasteiger partial charge >= 0.3 is 0 Å². The molecular weight excluding hydrogens is 316 g/mol. The van der Waals surface area contributed by atoms with Crippen LogP contribution in [0.5, 0.6) is 0 Å². The van der Waals surface area contributed by atoms with Crippen LogP contribution in [0, 0.1) is 0 Å². The van der Waals surface area contributed by atoms with Gasteiger partial charge in [-0.2, -0.15) is 0 Å². The van der Waals surface area contributed by atoms with E-state index in [4.69, 9.17) is 0 Å². The van der Waals surface area contributed by atoms with E-state index < -0.39 is 0 Å². The molecule has 20 heavy (non-hydrogen) atoms. The Labute approximate surface area is 127 Å². The molecule has 2 aromatic rings. The molecule has 1 aromatic heterocycles. The second-order valence-electron chi connectivity index (χ2n) is 4.74. The quantitative estimate of drug-likeness (QED) is 0.761. The van der Waals surface area contributed by atoms with Crippen LogP contribution in [0.15, 0.2) is 53.1 Å². The number of ketones is 1. The van der Waals surface area contributed by atoms with Crippen LogP contribution in [0.25, 0.3) is 0 Å². The summed E-state index contributed by atoms with van der Waals surface area (Å²) in [6.45, 7) is 1.24. The third-order valence-corrected chi connectivity index (χ3v) is 3.53. The molecule has 3 nitrogen and oxygen atoms in total. The molecule has 0 saturated carbocycles. The molecule has 2 rings (SSSR count). The zero-order valence-electron chi connectivity index (χ0n) is 11.4. The van der Waals surface area contributed by atoms with Gasteiger partial charge < -0.3 is 0 Å². The molecule has 0 saturated heterocycles. The predicted octanol–water partition coefficient (Wildman–Crippen LogP) is 3.20. The van der Waals surface area contributed by atoms with Crippen molar-refractivity contribution in [3.05, 3.63) is 64.4 Å². The van der Waals surface area contributed by atoms with Crippen molar-refractivity contribution in [2.24, 2.45) is 0 Å². The highest BCUT2D eigenvalue weighted by Crippen LogP contribution is 2.12. The summed E-state index contributed by atoms with van der Waals surface area (Å²) in [4.78, 5) is 18.4. The van der Waals surface area contributed by atoms with Crippen molar-refractivity contribution in [3.8, 4) is 0 Å². The molecule has 0 aliphatic rings. The Balaban J connectivity index is 1.85. The van der Waals surface area contributed by atoms with E-state index >= 15 is 0 Å². The van der Waals surface area contributed by atoms with Gasteiger partial charge in [0.25, 0.3) is 0 Å². The Hall–Kier alpha value is -1.52. The highest BCUT2D eigenvalue weighted by molar-refractivity contribution is 9.10. The fourth-order valence-electron chi connectivity index (χ4n) is 1.93. The number of carbonyl (C=O) groups excluding carboxylic acids is 1. The predicted molar refractivity (Wildman–Crippen MR) is 83.9 cm³/mol. The van der Waals surface area contributed by atoms with Gasteiger partial charge in [-0.1, -0.05) is 34.1 Å². The standard InChI is InChI=1S/C16H17BrN2O/c1-19(10-8-15-7-2-3-9-18-15)12-16(20)13-5-4-6-14(17)11-13/h2-7,9,11H,8,10,12H2,1H3. The van der Waals surface area contributed by atoms with E-state index in [0.717, 1.165) is 28.7 Å². The van der Waals surface area contributed by atoms with Gasteiger partial charge in [0.15, 0.2) is 5.78 Å². The Morgan fingerprint density at radius 1 is 1.25 bits per heavy atom. The first-order valence-corrected chi connectivity index (χ1v) is 7.31. The minimum absolute atomic E-state index is 0.134. The highest BCUT2D eigenvalue weighted by atomic mass is 79.9. The van der Waals surface area contributed by atoms with Crippen LogP contribution < -0.4 is 0 Å². The van der Waals surface area contributed by atoms with Gasteiger partial charge in [-0.25, -0.2) is 0 Å². The molecule has 0 atom stereocenters. The minimum atomic E-state index is 0.134. The Kier molecular flexibility index (Phi) is 5.44. The first-order chi connectivity index (χ1) is 9.65. The van der Waals surface area contributed by atoms with Gasteiger partial charge in [-0.05, 0) is 31.3 Å². The van der Waals surface area contributed by atoms with Crippen molar-refractivity contribution in [3.63, 3.8) is 0 Å². The normalized spacial score (nSPS) is 10.8. The Morgan fingerprint density at radius 2 is 2.10 bits per heavy atom. The summed E-state index contributed by atoms with van der Waals surface area (Å²) < 4.78 is 0.930. The van der Waals surface area contributed by atoms with E-state index in [9.17, 15) is 4.79 Å². The average Bonchev–Trinajstić information content (AvgIpc) is 2.46. The summed E-state index contributed by atoms with van der Waals surface area (Å²) in [7, 11) is 1.96. The lowest BCUT2D eigenvalue weighted by Crippen LogP contribution is -2.28. The van der Waals surface area contributed by atoms with Crippen LogP contribution in [0.1, 0.15) is 16.1 Å². The Morgan fingerprint density at radius 3 is 2.80 bits per heavy atom. The number of nitrogens with zero attached hydrogens (tertiary/aromatic N) is 2. The number of rotatable bonds is 6. The largest absolute Gasteiger partial charge is 0.299 e. The third-order valence-electron chi connectivity index (χ3n) is 3.04. The maximum atomic E-state index is 12.1. The summed E-state index contributed by atoms with van der Waals surface area (Å²) in [6, 6.07) is 13.4. The molecule has 0 radical (unpaired) electrons. The van der Waals surface area contributed by atoms with Crippen molar-refractivity contribution in [1.82, 2.24) is 9.88 Å².